The summed E-state index contributed by atoms with van der Waals surface area (Å²) in [4.78, 5) is 13.5. The summed E-state index contributed by atoms with van der Waals surface area (Å²) in [6.45, 7) is 4.04. The van der Waals surface area contributed by atoms with Crippen molar-refractivity contribution in [3.63, 3.8) is 0 Å². The molecule has 1 aromatic carbocycles. The van der Waals surface area contributed by atoms with E-state index >= 15 is 0 Å². The van der Waals surface area contributed by atoms with Crippen molar-refractivity contribution >= 4 is 18.1 Å². The number of carbonyl (C=O) groups excluding carboxylic acids is 1. The average molecular weight is 331 g/mol. The Bertz CT molecular complexity index is 724. The summed E-state index contributed by atoms with van der Waals surface area (Å²) in [5.41, 5.74) is 1.01. The number of amides is 1. The van der Waals surface area contributed by atoms with Crippen LogP contribution in [0.4, 0.5) is 0 Å². The third-order valence-electron chi connectivity index (χ3n) is 4.01. The minimum atomic E-state index is 0.0295. The molecule has 2 aromatic rings. The Morgan fingerprint density at radius 2 is 2.17 bits per heavy atom. The van der Waals surface area contributed by atoms with Gasteiger partial charge in [0.15, 0.2) is 0 Å². The summed E-state index contributed by atoms with van der Waals surface area (Å²) >= 11 is 5.54. The number of rotatable bonds is 4. The predicted octanol–water partition coefficient (Wildman–Crippen LogP) is 1.96. The Morgan fingerprint density at radius 1 is 1.39 bits per heavy atom. The molecule has 0 spiro atoms. The van der Waals surface area contributed by atoms with Gasteiger partial charge in [-0.2, -0.15) is 5.10 Å². The summed E-state index contributed by atoms with van der Waals surface area (Å²) in [5.74, 6) is 0.0295. The van der Waals surface area contributed by atoms with Crippen LogP contribution >= 0.6 is 12.2 Å². The lowest BCUT2D eigenvalue weighted by atomic mass is 10.1. The van der Waals surface area contributed by atoms with E-state index in [1.165, 1.54) is 0 Å². The summed E-state index contributed by atoms with van der Waals surface area (Å²) in [6, 6.07) is 10.2. The molecule has 1 unspecified atom stereocenters. The van der Waals surface area contributed by atoms with Crippen molar-refractivity contribution in [2.75, 3.05) is 13.1 Å². The van der Waals surface area contributed by atoms with Crippen molar-refractivity contribution in [2.45, 2.75) is 32.5 Å². The van der Waals surface area contributed by atoms with E-state index in [-0.39, 0.29) is 11.9 Å². The van der Waals surface area contributed by atoms with Gasteiger partial charge < -0.3 is 5.32 Å². The van der Waals surface area contributed by atoms with E-state index in [0.29, 0.717) is 11.4 Å². The zero-order valence-corrected chi connectivity index (χ0v) is 14.0. The predicted molar refractivity (Wildman–Crippen MR) is 90.8 cm³/mol. The maximum absolute atomic E-state index is 11.2. The minimum absolute atomic E-state index is 0.0295. The molecule has 1 aliphatic rings. The SMILES string of the molecule is CC(=O)NC1CCCN(Cn2ncn(-c3ccccc3)c2=S)C1. The van der Waals surface area contributed by atoms with Crippen LogP contribution < -0.4 is 5.32 Å². The Morgan fingerprint density at radius 3 is 2.91 bits per heavy atom. The van der Waals surface area contributed by atoms with E-state index < -0.39 is 0 Å². The van der Waals surface area contributed by atoms with Gasteiger partial charge in [0.05, 0.1) is 6.67 Å². The highest BCUT2D eigenvalue weighted by molar-refractivity contribution is 7.71. The number of carbonyl (C=O) groups is 1. The second-order valence-corrected chi connectivity index (χ2v) is 6.24. The molecule has 0 saturated carbocycles. The van der Waals surface area contributed by atoms with Crippen LogP contribution in [0.3, 0.4) is 0 Å². The van der Waals surface area contributed by atoms with Gasteiger partial charge in [-0.25, -0.2) is 4.68 Å². The molecular formula is C16H21N5OS. The number of aromatic nitrogens is 3. The number of nitrogens with one attached hydrogen (secondary N) is 1. The second-order valence-electron chi connectivity index (χ2n) is 5.88. The van der Waals surface area contributed by atoms with Gasteiger partial charge in [-0.3, -0.25) is 14.3 Å². The molecule has 0 radical (unpaired) electrons. The van der Waals surface area contributed by atoms with Crippen LogP contribution in [0.2, 0.25) is 0 Å². The van der Waals surface area contributed by atoms with Gasteiger partial charge in [0, 0.05) is 31.7 Å². The highest BCUT2D eigenvalue weighted by Gasteiger charge is 2.21. The number of piperidine rings is 1. The van der Waals surface area contributed by atoms with Crippen LogP contribution in [0, 0.1) is 4.77 Å². The van der Waals surface area contributed by atoms with E-state index in [1.54, 1.807) is 13.3 Å². The fourth-order valence-electron chi connectivity index (χ4n) is 2.98. The van der Waals surface area contributed by atoms with E-state index in [0.717, 1.165) is 31.6 Å². The molecule has 1 saturated heterocycles. The molecule has 1 amide bonds. The zero-order chi connectivity index (χ0) is 16.2. The molecule has 0 aliphatic carbocycles. The van der Waals surface area contributed by atoms with Crippen LogP contribution in [0.15, 0.2) is 36.7 Å². The standard InChI is InChI=1S/C16H21N5OS/c1-13(22)18-14-6-5-9-19(10-14)12-21-16(23)20(11-17-21)15-7-3-2-4-8-15/h2-4,7-8,11,14H,5-6,9-10,12H2,1H3,(H,18,22). The quantitative estimate of drug-likeness (QED) is 0.870. The third kappa shape index (κ3) is 3.86. The van der Waals surface area contributed by atoms with Crippen molar-refractivity contribution in [1.82, 2.24) is 24.6 Å². The molecule has 7 heteroatoms. The molecule has 23 heavy (non-hydrogen) atoms. The fraction of sp³-hybridized carbons (Fsp3) is 0.438. The van der Waals surface area contributed by atoms with Crippen molar-refractivity contribution in [3.8, 4) is 5.69 Å². The Hall–Kier alpha value is -1.99. The van der Waals surface area contributed by atoms with Crippen molar-refractivity contribution in [1.29, 1.82) is 0 Å². The molecule has 0 bridgehead atoms. The molecule has 1 aliphatic heterocycles. The van der Waals surface area contributed by atoms with E-state index in [1.807, 2.05) is 39.6 Å². The average Bonchev–Trinajstić information content (AvgIpc) is 2.89. The molecule has 1 N–H and O–H groups in total. The Kier molecular flexibility index (Phi) is 4.88. The van der Waals surface area contributed by atoms with Crippen LogP contribution in [0.1, 0.15) is 19.8 Å². The number of para-hydroxylation sites is 1. The molecule has 3 rings (SSSR count). The number of nitrogens with zero attached hydrogens (tertiary/aromatic N) is 4. The first-order valence-corrected chi connectivity index (χ1v) is 8.23. The number of likely N-dealkylation sites (tertiary alicyclic amines) is 1. The monoisotopic (exact) mass is 331 g/mol. The zero-order valence-electron chi connectivity index (χ0n) is 13.2. The smallest absolute Gasteiger partial charge is 0.217 e. The van der Waals surface area contributed by atoms with Crippen molar-refractivity contribution < 1.29 is 4.79 Å². The lowest BCUT2D eigenvalue weighted by Crippen LogP contribution is -2.47. The summed E-state index contributed by atoms with van der Waals surface area (Å²) < 4.78 is 4.42. The first kappa shape index (κ1) is 15.9. The highest BCUT2D eigenvalue weighted by atomic mass is 32.1. The van der Waals surface area contributed by atoms with Gasteiger partial charge in [-0.05, 0) is 37.2 Å². The van der Waals surface area contributed by atoms with Crippen LogP contribution in [-0.2, 0) is 11.5 Å². The Labute approximate surface area is 140 Å². The molecule has 2 heterocycles. The van der Waals surface area contributed by atoms with Gasteiger partial charge in [0.2, 0.25) is 10.7 Å². The minimum Gasteiger partial charge on any atom is -0.352 e. The summed E-state index contributed by atoms with van der Waals surface area (Å²) in [6.07, 6.45) is 3.85. The highest BCUT2D eigenvalue weighted by Crippen LogP contribution is 2.12. The molecule has 1 atom stereocenters. The maximum atomic E-state index is 11.2. The van der Waals surface area contributed by atoms with E-state index in [9.17, 15) is 4.79 Å². The summed E-state index contributed by atoms with van der Waals surface area (Å²) in [5, 5.41) is 7.42. The molecule has 1 fully saturated rings. The number of hydrogen-bond acceptors (Lipinski definition) is 4. The molecular weight excluding hydrogens is 310 g/mol. The topological polar surface area (TPSA) is 55.1 Å². The first-order chi connectivity index (χ1) is 11.1. The third-order valence-corrected chi connectivity index (χ3v) is 4.42. The first-order valence-electron chi connectivity index (χ1n) is 7.83. The lowest BCUT2D eigenvalue weighted by molar-refractivity contribution is -0.120. The van der Waals surface area contributed by atoms with Crippen molar-refractivity contribution in [3.05, 3.63) is 41.4 Å². The van der Waals surface area contributed by atoms with E-state index in [4.69, 9.17) is 12.2 Å². The Balaban J connectivity index is 1.70. The van der Waals surface area contributed by atoms with Crippen LogP contribution in [-0.4, -0.2) is 44.3 Å². The molecule has 122 valence electrons. The van der Waals surface area contributed by atoms with Gasteiger partial charge in [0.1, 0.15) is 6.33 Å². The van der Waals surface area contributed by atoms with Gasteiger partial charge >= 0.3 is 0 Å². The van der Waals surface area contributed by atoms with E-state index in [2.05, 4.69) is 15.3 Å². The van der Waals surface area contributed by atoms with Gasteiger partial charge in [-0.1, -0.05) is 18.2 Å². The summed E-state index contributed by atoms with van der Waals surface area (Å²) in [7, 11) is 0. The lowest BCUT2D eigenvalue weighted by Gasteiger charge is -2.32. The van der Waals surface area contributed by atoms with Gasteiger partial charge in [0.25, 0.3) is 0 Å². The van der Waals surface area contributed by atoms with Crippen molar-refractivity contribution in [2.24, 2.45) is 0 Å². The second kappa shape index (κ2) is 7.06. The normalized spacial score (nSPS) is 18.7. The largest absolute Gasteiger partial charge is 0.352 e. The van der Waals surface area contributed by atoms with Crippen LogP contribution in [0.25, 0.3) is 5.69 Å². The maximum Gasteiger partial charge on any atom is 0.217 e. The number of hydrogen-bond donors (Lipinski definition) is 1. The van der Waals surface area contributed by atoms with Gasteiger partial charge in [-0.15, -0.1) is 0 Å². The molecule has 1 aromatic heterocycles. The number of benzene rings is 1. The van der Waals surface area contributed by atoms with Crippen LogP contribution in [0.5, 0.6) is 0 Å². The fourth-order valence-corrected chi connectivity index (χ4v) is 3.24. The molecule has 6 nitrogen and oxygen atoms in total.